The number of ketones is 1. The maximum Gasteiger partial charge on any atom is 0.176 e. The Balaban J connectivity index is 2.47. The molecule has 126 valence electrons. The Labute approximate surface area is 152 Å². The van der Waals surface area contributed by atoms with E-state index in [2.05, 4.69) is 6.08 Å². The maximum atomic E-state index is 12.6. The van der Waals surface area contributed by atoms with Gasteiger partial charge in [0.2, 0.25) is 0 Å². The van der Waals surface area contributed by atoms with Crippen molar-refractivity contribution in [2.75, 3.05) is 6.26 Å². The van der Waals surface area contributed by atoms with E-state index in [0.717, 1.165) is 24.0 Å². The summed E-state index contributed by atoms with van der Waals surface area (Å²) >= 11 is 2.03. The highest BCUT2D eigenvalue weighted by Gasteiger charge is 2.21. The van der Waals surface area contributed by atoms with Crippen molar-refractivity contribution >= 4 is 43.8 Å². The summed E-state index contributed by atoms with van der Waals surface area (Å²) in [6.07, 6.45) is 8.02. The Morgan fingerprint density at radius 2 is 1.87 bits per heavy atom. The van der Waals surface area contributed by atoms with Gasteiger partial charge in [0.25, 0.3) is 0 Å². The summed E-state index contributed by atoms with van der Waals surface area (Å²) in [4.78, 5) is 13.0. The van der Waals surface area contributed by atoms with Gasteiger partial charge in [-0.1, -0.05) is 38.8 Å². The fourth-order valence-electron chi connectivity index (χ4n) is 2.96. The SMILES string of the molecule is CC(C)C(=O)/C(=C/C1CCCC1)c1ccc(S(C)(=O)=O)c(I)c1. The van der Waals surface area contributed by atoms with Crippen LogP contribution in [-0.2, 0) is 14.6 Å². The molecule has 1 saturated carbocycles. The molecule has 0 aromatic heterocycles. The highest BCUT2D eigenvalue weighted by molar-refractivity contribution is 14.1. The molecule has 3 nitrogen and oxygen atoms in total. The summed E-state index contributed by atoms with van der Waals surface area (Å²) in [6.45, 7) is 3.81. The number of hydrogen-bond acceptors (Lipinski definition) is 3. The Morgan fingerprint density at radius 1 is 1.26 bits per heavy atom. The lowest BCUT2D eigenvalue weighted by molar-refractivity contribution is -0.116. The number of carbonyl (C=O) groups excluding carboxylic acids is 1. The second-order valence-electron chi connectivity index (χ2n) is 6.56. The Morgan fingerprint density at radius 3 is 2.35 bits per heavy atom. The van der Waals surface area contributed by atoms with Crippen LogP contribution in [0.2, 0.25) is 0 Å². The molecule has 5 heteroatoms. The van der Waals surface area contributed by atoms with Crippen molar-refractivity contribution in [1.29, 1.82) is 0 Å². The van der Waals surface area contributed by atoms with Gasteiger partial charge in [-0.25, -0.2) is 8.42 Å². The second kappa shape index (κ2) is 7.47. The quantitative estimate of drug-likeness (QED) is 0.495. The molecule has 23 heavy (non-hydrogen) atoms. The molecule has 0 radical (unpaired) electrons. The fraction of sp³-hybridized carbons (Fsp3) is 0.500. The molecule has 0 aliphatic heterocycles. The molecule has 0 atom stereocenters. The topological polar surface area (TPSA) is 51.2 Å². The van der Waals surface area contributed by atoms with E-state index in [4.69, 9.17) is 0 Å². The molecule has 0 spiro atoms. The number of carbonyl (C=O) groups is 1. The zero-order chi connectivity index (χ0) is 17.2. The first-order chi connectivity index (χ1) is 10.7. The first-order valence-electron chi connectivity index (χ1n) is 7.96. The van der Waals surface area contributed by atoms with Crippen LogP contribution in [0.3, 0.4) is 0 Å². The van der Waals surface area contributed by atoms with Crippen LogP contribution in [0.25, 0.3) is 5.57 Å². The van der Waals surface area contributed by atoms with Crippen molar-refractivity contribution in [3.63, 3.8) is 0 Å². The highest BCUT2D eigenvalue weighted by atomic mass is 127. The van der Waals surface area contributed by atoms with Crippen LogP contribution in [0.15, 0.2) is 29.2 Å². The Hall–Kier alpha value is -0.690. The summed E-state index contributed by atoms with van der Waals surface area (Å²) in [6, 6.07) is 5.19. The monoisotopic (exact) mass is 446 g/mol. The normalized spacial score (nSPS) is 17.0. The van der Waals surface area contributed by atoms with Crippen molar-refractivity contribution in [2.45, 2.75) is 44.4 Å². The molecule has 0 bridgehead atoms. The third kappa shape index (κ3) is 4.66. The van der Waals surface area contributed by atoms with Crippen LogP contribution in [-0.4, -0.2) is 20.5 Å². The van der Waals surface area contributed by atoms with Crippen molar-refractivity contribution in [3.8, 4) is 0 Å². The van der Waals surface area contributed by atoms with Gasteiger partial charge < -0.3 is 0 Å². The van der Waals surface area contributed by atoms with Gasteiger partial charge >= 0.3 is 0 Å². The minimum Gasteiger partial charge on any atom is -0.294 e. The van der Waals surface area contributed by atoms with Gasteiger partial charge in [-0.3, -0.25) is 4.79 Å². The van der Waals surface area contributed by atoms with Crippen LogP contribution in [0.5, 0.6) is 0 Å². The molecular weight excluding hydrogens is 423 g/mol. The number of sulfone groups is 1. The molecule has 1 aromatic rings. The van der Waals surface area contributed by atoms with Crippen LogP contribution < -0.4 is 0 Å². The van der Waals surface area contributed by atoms with Crippen LogP contribution in [0.4, 0.5) is 0 Å². The first kappa shape index (κ1) is 18.6. The lowest BCUT2D eigenvalue weighted by Crippen LogP contribution is -2.11. The van der Waals surface area contributed by atoms with E-state index in [9.17, 15) is 13.2 Å². The molecule has 0 N–H and O–H groups in total. The van der Waals surface area contributed by atoms with Crippen molar-refractivity contribution in [2.24, 2.45) is 11.8 Å². The molecule has 0 heterocycles. The van der Waals surface area contributed by atoms with Crippen molar-refractivity contribution in [1.82, 2.24) is 0 Å². The van der Waals surface area contributed by atoms with Gasteiger partial charge in [0.1, 0.15) is 0 Å². The average molecular weight is 446 g/mol. The minimum absolute atomic E-state index is 0.0742. The molecule has 0 saturated heterocycles. The van der Waals surface area contributed by atoms with Gasteiger partial charge in [-0.05, 0) is 59.0 Å². The number of allylic oxidation sites excluding steroid dienone is 2. The number of benzene rings is 1. The number of halogens is 1. The number of hydrogen-bond donors (Lipinski definition) is 0. The fourth-order valence-corrected chi connectivity index (χ4v) is 5.40. The standard InChI is InChI=1S/C18H23IO3S/c1-12(2)18(20)15(10-13-6-4-5-7-13)14-8-9-17(16(19)11-14)23(3,21)22/h8-13H,4-7H2,1-3H3/b15-10+. The predicted molar refractivity (Wildman–Crippen MR) is 102 cm³/mol. The van der Waals surface area contributed by atoms with Gasteiger partial charge in [-0.2, -0.15) is 0 Å². The number of rotatable bonds is 5. The van der Waals surface area contributed by atoms with E-state index in [1.165, 1.54) is 19.1 Å². The summed E-state index contributed by atoms with van der Waals surface area (Å²) in [5.41, 5.74) is 1.57. The molecule has 1 fully saturated rings. The summed E-state index contributed by atoms with van der Waals surface area (Å²) in [7, 11) is -3.25. The summed E-state index contributed by atoms with van der Waals surface area (Å²) in [5.74, 6) is 0.509. The van der Waals surface area contributed by atoms with Crippen LogP contribution in [0.1, 0.15) is 45.1 Å². The van der Waals surface area contributed by atoms with E-state index in [1.54, 1.807) is 12.1 Å². The highest BCUT2D eigenvalue weighted by Crippen LogP contribution is 2.32. The molecular formula is C18H23IO3S. The smallest absolute Gasteiger partial charge is 0.176 e. The Kier molecular flexibility index (Phi) is 6.05. The Bertz CT molecular complexity index is 727. The van der Waals surface area contributed by atoms with Gasteiger partial charge in [0.05, 0.1) is 4.90 Å². The molecule has 1 aliphatic rings. The second-order valence-corrected chi connectivity index (χ2v) is 9.71. The lowest BCUT2D eigenvalue weighted by Gasteiger charge is -2.14. The zero-order valence-electron chi connectivity index (χ0n) is 13.8. The predicted octanol–water partition coefficient (Wildman–Crippen LogP) is 4.49. The average Bonchev–Trinajstić information content (AvgIpc) is 2.95. The lowest BCUT2D eigenvalue weighted by atomic mass is 9.91. The molecule has 1 aliphatic carbocycles. The van der Waals surface area contributed by atoms with Crippen molar-refractivity contribution < 1.29 is 13.2 Å². The van der Waals surface area contributed by atoms with E-state index in [0.29, 0.717) is 14.4 Å². The first-order valence-corrected chi connectivity index (χ1v) is 10.9. The molecule has 2 rings (SSSR count). The van der Waals surface area contributed by atoms with E-state index in [-0.39, 0.29) is 11.7 Å². The minimum atomic E-state index is -3.25. The largest absolute Gasteiger partial charge is 0.294 e. The molecule has 0 unspecified atom stereocenters. The summed E-state index contributed by atoms with van der Waals surface area (Å²) in [5, 5.41) is 0. The van der Waals surface area contributed by atoms with Crippen LogP contribution in [0, 0.1) is 15.4 Å². The maximum absolute atomic E-state index is 12.6. The number of Topliss-reactive ketones (excluding diaryl/α,β-unsaturated/α-hetero) is 1. The third-order valence-corrected chi connectivity index (χ3v) is 6.65. The zero-order valence-corrected chi connectivity index (χ0v) is 16.8. The van der Waals surface area contributed by atoms with Crippen LogP contribution >= 0.6 is 22.6 Å². The summed E-state index contributed by atoms with van der Waals surface area (Å²) < 4.78 is 24.2. The molecule has 0 amide bonds. The molecule has 1 aromatic carbocycles. The third-order valence-electron chi connectivity index (χ3n) is 4.23. The van der Waals surface area contributed by atoms with Gasteiger partial charge in [0, 0.05) is 21.3 Å². The van der Waals surface area contributed by atoms with E-state index >= 15 is 0 Å². The van der Waals surface area contributed by atoms with Gasteiger partial charge in [-0.15, -0.1) is 0 Å². The van der Waals surface area contributed by atoms with E-state index in [1.807, 2.05) is 42.5 Å². The van der Waals surface area contributed by atoms with Gasteiger partial charge in [0.15, 0.2) is 15.6 Å². The van der Waals surface area contributed by atoms with E-state index < -0.39 is 9.84 Å². The van der Waals surface area contributed by atoms with Crippen molar-refractivity contribution in [3.05, 3.63) is 33.4 Å².